The first-order valence-electron chi connectivity index (χ1n) is 5.99. The fourth-order valence-electron chi connectivity index (χ4n) is 1.74. The molecule has 0 bridgehead atoms. The lowest BCUT2D eigenvalue weighted by Crippen LogP contribution is -2.35. The molecule has 0 fully saturated rings. The van der Waals surface area contributed by atoms with Crippen LogP contribution < -0.4 is 16.0 Å². The average molecular weight is 343 g/mol. The Hall–Kier alpha value is -0.680. The summed E-state index contributed by atoms with van der Waals surface area (Å²) < 4.78 is 0. The molecule has 116 valence electrons. The van der Waals surface area contributed by atoms with Crippen LogP contribution in [0.25, 0.3) is 0 Å². The first kappa shape index (κ1) is 21.6. The molecular weight excluding hydrogens is 321 g/mol. The second-order valence-corrected chi connectivity index (χ2v) is 4.82. The summed E-state index contributed by atoms with van der Waals surface area (Å²) in [4.78, 5) is 13.8. The number of benzene rings is 1. The highest BCUT2D eigenvalue weighted by Crippen LogP contribution is 2.32. The molecule has 0 radical (unpaired) electrons. The second kappa shape index (κ2) is 10.1. The van der Waals surface area contributed by atoms with Crippen molar-refractivity contribution in [2.24, 2.45) is 5.73 Å². The minimum atomic E-state index is -0.482. The topological polar surface area (TPSA) is 58.4 Å². The molecule has 7 heteroatoms. The summed E-state index contributed by atoms with van der Waals surface area (Å²) in [6.45, 7) is 2.00. The van der Waals surface area contributed by atoms with Gasteiger partial charge in [0.05, 0.1) is 22.4 Å². The van der Waals surface area contributed by atoms with Gasteiger partial charge < -0.3 is 16.0 Å². The first-order valence-corrected chi connectivity index (χ1v) is 6.37. The molecule has 0 saturated carbocycles. The highest BCUT2D eigenvalue weighted by molar-refractivity contribution is 6.34. The molecule has 1 unspecified atom stereocenters. The smallest absolute Gasteiger partial charge is 0.241 e. The molecule has 20 heavy (non-hydrogen) atoms. The van der Waals surface area contributed by atoms with Gasteiger partial charge >= 0.3 is 0 Å². The van der Waals surface area contributed by atoms with Crippen LogP contribution in [0.4, 0.5) is 11.4 Å². The molecule has 1 rings (SSSR count). The van der Waals surface area contributed by atoms with E-state index in [1.165, 1.54) is 0 Å². The number of hydrogen-bond donors (Lipinski definition) is 2. The molecule has 0 aliphatic rings. The Labute approximate surface area is 137 Å². The van der Waals surface area contributed by atoms with Crippen molar-refractivity contribution in [2.75, 3.05) is 24.3 Å². The van der Waals surface area contributed by atoms with Gasteiger partial charge in [-0.2, -0.15) is 0 Å². The Balaban J connectivity index is 0. The first-order chi connectivity index (χ1) is 8.47. The minimum absolute atomic E-state index is 0. The van der Waals surface area contributed by atoms with E-state index in [0.29, 0.717) is 17.1 Å². The molecule has 1 aromatic rings. The number of rotatable bonds is 5. The third-order valence-corrected chi connectivity index (χ3v) is 2.93. The van der Waals surface area contributed by atoms with Gasteiger partial charge in [0, 0.05) is 14.1 Å². The van der Waals surface area contributed by atoms with Gasteiger partial charge in [-0.15, -0.1) is 24.8 Å². The van der Waals surface area contributed by atoms with Crippen molar-refractivity contribution in [3.63, 3.8) is 0 Å². The van der Waals surface area contributed by atoms with Gasteiger partial charge in [-0.1, -0.05) is 31.0 Å². The lowest BCUT2D eigenvalue weighted by atomic mass is 10.1. The van der Waals surface area contributed by atoms with Crippen LogP contribution in [0.1, 0.15) is 19.8 Å². The number of anilines is 2. The summed E-state index contributed by atoms with van der Waals surface area (Å²) >= 11 is 6.12. The monoisotopic (exact) mass is 341 g/mol. The number of halogens is 3. The van der Waals surface area contributed by atoms with Gasteiger partial charge in [-0.3, -0.25) is 4.79 Å². The van der Waals surface area contributed by atoms with E-state index in [1.807, 2.05) is 32.0 Å². The van der Waals surface area contributed by atoms with Crippen LogP contribution in [-0.2, 0) is 4.79 Å². The van der Waals surface area contributed by atoms with E-state index in [-0.39, 0.29) is 30.7 Å². The van der Waals surface area contributed by atoms with Gasteiger partial charge in [-0.25, -0.2) is 0 Å². The molecule has 0 saturated heterocycles. The number of nitrogens with one attached hydrogen (secondary N) is 1. The summed E-state index contributed by atoms with van der Waals surface area (Å²) in [6.07, 6.45) is 1.55. The van der Waals surface area contributed by atoms with E-state index >= 15 is 0 Å². The Morgan fingerprint density at radius 2 is 2.00 bits per heavy atom. The van der Waals surface area contributed by atoms with E-state index in [0.717, 1.165) is 12.1 Å². The molecule has 3 N–H and O–H groups in total. The van der Waals surface area contributed by atoms with Gasteiger partial charge in [0.2, 0.25) is 5.91 Å². The van der Waals surface area contributed by atoms with Gasteiger partial charge in [-0.05, 0) is 18.6 Å². The summed E-state index contributed by atoms with van der Waals surface area (Å²) in [5.41, 5.74) is 7.25. The quantitative estimate of drug-likeness (QED) is 0.863. The molecule has 1 atom stereocenters. The molecule has 4 nitrogen and oxygen atoms in total. The third-order valence-electron chi connectivity index (χ3n) is 2.63. The van der Waals surface area contributed by atoms with E-state index < -0.39 is 6.04 Å². The van der Waals surface area contributed by atoms with Gasteiger partial charge in [0.15, 0.2) is 0 Å². The zero-order chi connectivity index (χ0) is 13.7. The molecular formula is C13H22Cl3N3O. The zero-order valence-electron chi connectivity index (χ0n) is 11.9. The molecule has 0 aliphatic heterocycles. The number of hydrogen-bond acceptors (Lipinski definition) is 3. The predicted octanol–water partition coefficient (Wildman–Crippen LogP) is 3.32. The van der Waals surface area contributed by atoms with Crippen molar-refractivity contribution in [3.05, 3.63) is 23.2 Å². The van der Waals surface area contributed by atoms with Crippen LogP contribution in [0, 0.1) is 0 Å². The summed E-state index contributed by atoms with van der Waals surface area (Å²) in [6, 6.07) is 4.93. The Morgan fingerprint density at radius 1 is 1.40 bits per heavy atom. The van der Waals surface area contributed by atoms with Crippen molar-refractivity contribution in [2.45, 2.75) is 25.8 Å². The normalized spacial score (nSPS) is 10.8. The van der Waals surface area contributed by atoms with Crippen LogP contribution in [-0.4, -0.2) is 26.0 Å². The summed E-state index contributed by atoms with van der Waals surface area (Å²) in [5, 5.41) is 3.43. The van der Waals surface area contributed by atoms with Crippen LogP contribution in [0.15, 0.2) is 18.2 Å². The molecule has 1 amide bonds. The number of amides is 1. The minimum Gasteiger partial charge on any atom is -0.375 e. The van der Waals surface area contributed by atoms with E-state index in [2.05, 4.69) is 5.32 Å². The molecule has 1 aromatic carbocycles. The van der Waals surface area contributed by atoms with Crippen LogP contribution in [0.5, 0.6) is 0 Å². The number of carbonyl (C=O) groups is 1. The van der Waals surface area contributed by atoms with Crippen molar-refractivity contribution in [3.8, 4) is 0 Å². The second-order valence-electron chi connectivity index (χ2n) is 4.41. The molecule has 0 spiro atoms. The van der Waals surface area contributed by atoms with Crippen LogP contribution >= 0.6 is 36.4 Å². The number of para-hydroxylation sites is 1. The highest BCUT2D eigenvalue weighted by Gasteiger charge is 2.16. The lowest BCUT2D eigenvalue weighted by Gasteiger charge is -2.20. The van der Waals surface area contributed by atoms with Crippen LogP contribution in [0.3, 0.4) is 0 Å². The van der Waals surface area contributed by atoms with Crippen LogP contribution in [0.2, 0.25) is 5.02 Å². The molecule has 0 heterocycles. The SMILES string of the molecule is CCCC(N)C(=O)Nc1cccc(Cl)c1N(C)C.Cl.Cl. The maximum atomic E-state index is 11.9. The van der Waals surface area contributed by atoms with E-state index in [1.54, 1.807) is 12.1 Å². The third kappa shape index (κ3) is 5.75. The predicted molar refractivity (Wildman–Crippen MR) is 91.8 cm³/mol. The van der Waals surface area contributed by atoms with Gasteiger partial charge in [0.1, 0.15) is 0 Å². The van der Waals surface area contributed by atoms with Crippen molar-refractivity contribution >= 4 is 53.7 Å². The maximum absolute atomic E-state index is 11.9. The van der Waals surface area contributed by atoms with Crippen molar-refractivity contribution < 1.29 is 4.79 Å². The molecule has 0 aliphatic carbocycles. The fourth-order valence-corrected chi connectivity index (χ4v) is 2.08. The summed E-state index contributed by atoms with van der Waals surface area (Å²) in [7, 11) is 3.76. The number of carbonyl (C=O) groups excluding carboxylic acids is 1. The fraction of sp³-hybridized carbons (Fsp3) is 0.462. The van der Waals surface area contributed by atoms with Crippen molar-refractivity contribution in [1.29, 1.82) is 0 Å². The maximum Gasteiger partial charge on any atom is 0.241 e. The zero-order valence-corrected chi connectivity index (χ0v) is 14.2. The van der Waals surface area contributed by atoms with E-state index in [9.17, 15) is 4.79 Å². The largest absolute Gasteiger partial charge is 0.375 e. The standard InChI is InChI=1S/C13H20ClN3O.2ClH/c1-4-6-10(15)13(18)16-11-8-5-7-9(14)12(11)17(2)3;;/h5,7-8,10H,4,6,15H2,1-3H3,(H,16,18);2*1H. The average Bonchev–Trinajstić information content (AvgIpc) is 2.28. The van der Waals surface area contributed by atoms with Gasteiger partial charge in [0.25, 0.3) is 0 Å². The van der Waals surface area contributed by atoms with Crippen molar-refractivity contribution in [1.82, 2.24) is 0 Å². The van der Waals surface area contributed by atoms with E-state index in [4.69, 9.17) is 17.3 Å². The Morgan fingerprint density at radius 3 is 2.50 bits per heavy atom. The number of nitrogens with two attached hydrogens (primary N) is 1. The lowest BCUT2D eigenvalue weighted by molar-refractivity contribution is -0.117. The summed E-state index contributed by atoms with van der Waals surface area (Å²) in [5.74, 6) is -0.179. The Kier molecular flexibility index (Phi) is 10.9. The number of nitrogens with zero attached hydrogens (tertiary/aromatic N) is 1. The highest BCUT2D eigenvalue weighted by atomic mass is 35.5. The Bertz CT molecular complexity index is 427. The molecule has 0 aromatic heterocycles.